The van der Waals surface area contributed by atoms with Crippen LogP contribution in [0.15, 0.2) is 34.7 Å². The van der Waals surface area contributed by atoms with E-state index in [4.69, 9.17) is 0 Å². The van der Waals surface area contributed by atoms with Gasteiger partial charge in [0.15, 0.2) is 4.88 Å². The SMILES string of the molecule is C1=CC2=C(C1)CCC2.Cc1cc(C(C)(C)C)[s+](C(C)C)c1. The molecule has 1 atom stereocenters. The van der Waals surface area contributed by atoms with Crippen LogP contribution in [0.25, 0.3) is 0 Å². The lowest BCUT2D eigenvalue weighted by Gasteiger charge is -2.14. The minimum absolute atomic E-state index is 0.335. The summed E-state index contributed by atoms with van der Waals surface area (Å²) in [6.45, 7) is 13.8. The third-order valence-corrected chi connectivity index (χ3v) is 7.11. The number of hydrogen-bond acceptors (Lipinski definition) is 0. The molecular weight excluding hydrogens is 272 g/mol. The summed E-state index contributed by atoms with van der Waals surface area (Å²) in [5, 5.41) is 3.19. The van der Waals surface area contributed by atoms with E-state index in [1.165, 1.54) is 31.2 Å². The molecule has 1 unspecified atom stereocenters. The Morgan fingerprint density at radius 2 is 1.86 bits per heavy atom. The normalized spacial score (nSPS) is 18.1. The summed E-state index contributed by atoms with van der Waals surface area (Å²) in [5.41, 5.74) is 5.14. The summed E-state index contributed by atoms with van der Waals surface area (Å²) in [7, 11) is 0.383. The molecular formula is C20H31S+. The predicted molar refractivity (Wildman–Crippen MR) is 97.4 cm³/mol. The lowest BCUT2D eigenvalue weighted by atomic mass is 9.94. The van der Waals surface area contributed by atoms with E-state index in [2.05, 4.69) is 65.1 Å². The molecule has 3 rings (SSSR count). The van der Waals surface area contributed by atoms with E-state index in [0.29, 0.717) is 15.9 Å². The van der Waals surface area contributed by atoms with Gasteiger partial charge in [-0.15, -0.1) is 0 Å². The van der Waals surface area contributed by atoms with Gasteiger partial charge in [0, 0.05) is 17.0 Å². The first kappa shape index (κ1) is 16.5. The maximum absolute atomic E-state index is 2.44. The smallest absolute Gasteiger partial charge is 0.0802 e. The number of allylic oxidation sites excluding steroid dienone is 4. The average Bonchev–Trinajstić information content (AvgIpc) is 3.00. The molecule has 0 spiro atoms. The number of rotatable bonds is 1. The Hall–Kier alpha value is -0.820. The highest BCUT2D eigenvalue weighted by molar-refractivity contribution is 7.30. The van der Waals surface area contributed by atoms with Crippen LogP contribution in [0.3, 0.4) is 0 Å². The van der Waals surface area contributed by atoms with Crippen molar-refractivity contribution < 1.29 is 0 Å². The highest BCUT2D eigenvalue weighted by Crippen LogP contribution is 2.43. The zero-order valence-electron chi connectivity index (χ0n) is 14.6. The summed E-state index contributed by atoms with van der Waals surface area (Å²) in [6.07, 6.45) is 9.98. The molecule has 0 nitrogen and oxygen atoms in total. The first-order valence-electron chi connectivity index (χ1n) is 8.29. The van der Waals surface area contributed by atoms with Gasteiger partial charge in [-0.3, -0.25) is 0 Å². The molecule has 0 aromatic carbocycles. The third-order valence-electron chi connectivity index (χ3n) is 4.23. The Balaban J connectivity index is 0.000000170. The Kier molecular flexibility index (Phi) is 5.14. The number of aryl methyl sites for hydroxylation is 1. The molecule has 0 bridgehead atoms. The molecule has 1 heteroatoms. The molecule has 0 aliphatic heterocycles. The number of hydrogen-bond donors (Lipinski definition) is 0. The molecule has 21 heavy (non-hydrogen) atoms. The summed E-state index contributed by atoms with van der Waals surface area (Å²) in [5.74, 6) is 0. The highest BCUT2D eigenvalue weighted by Gasteiger charge is 2.29. The Bertz CT molecular complexity index is 547. The zero-order chi connectivity index (χ0) is 15.6. The molecule has 1 aromatic rings. The van der Waals surface area contributed by atoms with E-state index in [9.17, 15) is 0 Å². The molecule has 2 aliphatic rings. The lowest BCUT2D eigenvalue weighted by Crippen LogP contribution is -2.09. The largest absolute Gasteiger partial charge is 0.156 e. The van der Waals surface area contributed by atoms with Crippen molar-refractivity contribution in [1.82, 2.24) is 0 Å². The van der Waals surface area contributed by atoms with E-state index < -0.39 is 0 Å². The first-order chi connectivity index (χ1) is 9.79. The molecule has 0 saturated carbocycles. The fraction of sp³-hybridized carbons (Fsp3) is 0.600. The molecule has 1 aromatic heterocycles. The van der Waals surface area contributed by atoms with E-state index >= 15 is 0 Å². The Morgan fingerprint density at radius 3 is 2.38 bits per heavy atom. The predicted octanol–water partition coefficient (Wildman–Crippen LogP) is 7.05. The minimum atomic E-state index is 0.335. The fourth-order valence-electron chi connectivity index (χ4n) is 3.14. The average molecular weight is 304 g/mol. The van der Waals surface area contributed by atoms with Crippen molar-refractivity contribution >= 4 is 10.5 Å². The Labute approximate surface area is 133 Å². The quantitative estimate of drug-likeness (QED) is 0.488. The first-order valence-corrected chi connectivity index (χ1v) is 9.64. The van der Waals surface area contributed by atoms with Crippen molar-refractivity contribution in [1.29, 1.82) is 0 Å². The van der Waals surface area contributed by atoms with Gasteiger partial charge in [0.05, 0.1) is 0 Å². The summed E-state index contributed by atoms with van der Waals surface area (Å²) >= 11 is 0. The van der Waals surface area contributed by atoms with Crippen molar-refractivity contribution in [2.24, 2.45) is 0 Å². The standard InChI is InChI=1S/C12H21S.C8H10/c1-9(2)13-8-10(3)7-11(13)12(4,5)6;1-3-7-5-2-6-8(7)4-1/h7-9H,1-6H3;1,3H,2,4-6H2/q+1;. The van der Waals surface area contributed by atoms with E-state index in [0.717, 1.165) is 5.25 Å². The fourth-order valence-corrected chi connectivity index (χ4v) is 5.54. The van der Waals surface area contributed by atoms with Gasteiger partial charge < -0.3 is 0 Å². The third kappa shape index (κ3) is 4.10. The molecule has 2 aliphatic carbocycles. The van der Waals surface area contributed by atoms with Crippen molar-refractivity contribution in [3.63, 3.8) is 0 Å². The zero-order valence-corrected chi connectivity index (χ0v) is 15.4. The lowest BCUT2D eigenvalue weighted by molar-refractivity contribution is 0.602. The molecule has 0 amide bonds. The molecule has 0 saturated heterocycles. The second-order valence-corrected chi connectivity index (χ2v) is 9.99. The van der Waals surface area contributed by atoms with Gasteiger partial charge in [0.1, 0.15) is 10.6 Å². The van der Waals surface area contributed by atoms with E-state index in [1.807, 2.05) is 0 Å². The van der Waals surface area contributed by atoms with Crippen molar-refractivity contribution in [2.75, 3.05) is 0 Å². The van der Waals surface area contributed by atoms with Crippen LogP contribution in [-0.4, -0.2) is 0 Å². The summed E-state index contributed by atoms with van der Waals surface area (Å²) in [6, 6.07) is 2.38. The van der Waals surface area contributed by atoms with E-state index in [-0.39, 0.29) is 0 Å². The van der Waals surface area contributed by atoms with Crippen LogP contribution in [-0.2, 0) is 5.41 Å². The van der Waals surface area contributed by atoms with Crippen LogP contribution in [0.5, 0.6) is 0 Å². The van der Waals surface area contributed by atoms with Gasteiger partial charge in [0.2, 0.25) is 0 Å². The molecule has 0 fully saturated rings. The topological polar surface area (TPSA) is 0 Å². The van der Waals surface area contributed by atoms with Gasteiger partial charge in [-0.25, -0.2) is 0 Å². The second kappa shape index (κ2) is 6.52. The summed E-state index contributed by atoms with van der Waals surface area (Å²) in [4.78, 5) is 1.63. The summed E-state index contributed by atoms with van der Waals surface area (Å²) < 4.78 is 0. The minimum Gasteiger partial charge on any atom is -0.0802 e. The van der Waals surface area contributed by atoms with Crippen LogP contribution in [0.4, 0.5) is 0 Å². The van der Waals surface area contributed by atoms with E-state index in [1.54, 1.807) is 16.0 Å². The van der Waals surface area contributed by atoms with Crippen molar-refractivity contribution in [3.8, 4) is 0 Å². The second-order valence-electron chi connectivity index (χ2n) is 7.63. The van der Waals surface area contributed by atoms with Gasteiger partial charge in [-0.1, -0.05) is 38.5 Å². The number of thiophene rings is 1. The van der Waals surface area contributed by atoms with Crippen molar-refractivity contribution in [2.45, 2.75) is 77.9 Å². The maximum atomic E-state index is 2.44. The van der Waals surface area contributed by atoms with Gasteiger partial charge in [-0.2, -0.15) is 0 Å². The van der Waals surface area contributed by atoms with Gasteiger partial charge in [0.25, 0.3) is 0 Å². The van der Waals surface area contributed by atoms with Crippen LogP contribution < -0.4 is 0 Å². The highest BCUT2D eigenvalue weighted by atomic mass is 32.2. The maximum Gasteiger partial charge on any atom is 0.156 e. The van der Waals surface area contributed by atoms with Crippen LogP contribution in [0.1, 0.15) is 76.0 Å². The molecule has 0 N–H and O–H groups in total. The van der Waals surface area contributed by atoms with Crippen LogP contribution >= 0.6 is 10.5 Å². The van der Waals surface area contributed by atoms with Crippen molar-refractivity contribution in [3.05, 3.63) is 45.2 Å². The molecule has 1 heterocycles. The van der Waals surface area contributed by atoms with Gasteiger partial charge >= 0.3 is 0 Å². The van der Waals surface area contributed by atoms with Crippen LogP contribution in [0, 0.1) is 6.92 Å². The van der Waals surface area contributed by atoms with Gasteiger partial charge in [-0.05, 0) is 62.5 Å². The van der Waals surface area contributed by atoms with Crippen LogP contribution in [0.2, 0.25) is 0 Å². The molecule has 116 valence electrons. The Morgan fingerprint density at radius 1 is 1.14 bits per heavy atom. The monoisotopic (exact) mass is 303 g/mol. The molecule has 0 radical (unpaired) electrons.